The van der Waals surface area contributed by atoms with Crippen molar-refractivity contribution in [3.05, 3.63) is 92.7 Å². The van der Waals surface area contributed by atoms with Crippen LogP contribution in [0.2, 0.25) is 0 Å². The summed E-state index contributed by atoms with van der Waals surface area (Å²) in [6.07, 6.45) is -3.26. The number of oxime groups is 1. The predicted molar refractivity (Wildman–Crippen MR) is 129 cm³/mol. The highest BCUT2D eigenvalue weighted by Crippen LogP contribution is 2.28. The number of rotatable bonds is 5. The molecular formula is C25H23F4N5O5. The molecule has 0 bridgehead atoms. The Morgan fingerprint density at radius 1 is 1.15 bits per heavy atom. The van der Waals surface area contributed by atoms with Gasteiger partial charge in [0, 0.05) is 37.8 Å². The summed E-state index contributed by atoms with van der Waals surface area (Å²) in [7, 11) is 1.68. The zero-order chi connectivity index (χ0) is 28.9. The summed E-state index contributed by atoms with van der Waals surface area (Å²) in [4.78, 5) is 47.3. The lowest BCUT2D eigenvalue weighted by Gasteiger charge is -2.10. The number of carbonyl (C=O) groups is 2. The zero-order valence-electron chi connectivity index (χ0n) is 20.9. The number of aryl methyl sites for hydroxylation is 3. The molecule has 14 heteroatoms. The molecule has 4 rings (SSSR count). The fraction of sp³-hybridized carbons (Fsp3) is 0.280. The fourth-order valence-corrected chi connectivity index (χ4v) is 3.43. The minimum absolute atomic E-state index is 0.106. The van der Waals surface area contributed by atoms with Crippen LogP contribution >= 0.6 is 0 Å². The van der Waals surface area contributed by atoms with E-state index < -0.39 is 12.1 Å². The lowest BCUT2D eigenvalue weighted by Crippen LogP contribution is -2.25. The maximum Gasteiger partial charge on any atom is 0.490 e. The van der Waals surface area contributed by atoms with E-state index >= 15 is 0 Å². The first-order valence-electron chi connectivity index (χ1n) is 11.3. The van der Waals surface area contributed by atoms with Crippen molar-refractivity contribution in [2.75, 3.05) is 0 Å². The second-order valence-electron chi connectivity index (χ2n) is 8.50. The summed E-state index contributed by atoms with van der Waals surface area (Å²) in [5, 5.41) is 14.1. The van der Waals surface area contributed by atoms with Gasteiger partial charge in [-0.2, -0.15) is 13.2 Å². The van der Waals surface area contributed by atoms with Gasteiger partial charge in [0.15, 0.2) is 6.10 Å². The quantitative estimate of drug-likeness (QED) is 0.466. The molecule has 0 radical (unpaired) electrons. The molecule has 1 unspecified atom stereocenters. The van der Waals surface area contributed by atoms with E-state index in [0.717, 1.165) is 11.1 Å². The molecule has 0 spiro atoms. The lowest BCUT2D eigenvalue weighted by atomic mass is 10.0. The van der Waals surface area contributed by atoms with Gasteiger partial charge in [0.05, 0.1) is 5.69 Å². The predicted octanol–water partition coefficient (Wildman–Crippen LogP) is 3.36. The van der Waals surface area contributed by atoms with Crippen LogP contribution in [0.25, 0.3) is 0 Å². The highest BCUT2D eigenvalue weighted by molar-refractivity contribution is 6.02. The summed E-state index contributed by atoms with van der Waals surface area (Å²) in [5.41, 5.74) is 3.33. The van der Waals surface area contributed by atoms with Crippen LogP contribution in [0.1, 0.15) is 51.2 Å². The Morgan fingerprint density at radius 2 is 1.85 bits per heavy atom. The van der Waals surface area contributed by atoms with Gasteiger partial charge in [-0.05, 0) is 43.2 Å². The second-order valence-corrected chi connectivity index (χ2v) is 8.50. The average Bonchev–Trinajstić information content (AvgIpc) is 3.36. The zero-order valence-corrected chi connectivity index (χ0v) is 20.9. The molecule has 1 aliphatic heterocycles. The van der Waals surface area contributed by atoms with E-state index in [2.05, 4.69) is 20.4 Å². The number of nitrogens with zero attached hydrogens (tertiary/aromatic N) is 4. The van der Waals surface area contributed by atoms with E-state index in [4.69, 9.17) is 14.7 Å². The molecule has 1 atom stereocenters. The third kappa shape index (κ3) is 7.69. The van der Waals surface area contributed by atoms with Crippen LogP contribution in [0, 0.1) is 19.7 Å². The number of pyridine rings is 1. The number of amides is 1. The molecule has 0 saturated heterocycles. The summed E-state index contributed by atoms with van der Waals surface area (Å²) >= 11 is 0. The number of hydrogen-bond donors (Lipinski definition) is 2. The molecule has 2 aromatic heterocycles. The summed E-state index contributed by atoms with van der Waals surface area (Å²) < 4.78 is 46.7. The molecule has 2 N–H and O–H groups in total. The van der Waals surface area contributed by atoms with E-state index in [1.807, 2.05) is 0 Å². The van der Waals surface area contributed by atoms with Crippen LogP contribution in [-0.4, -0.2) is 43.4 Å². The van der Waals surface area contributed by atoms with Crippen LogP contribution in [0.3, 0.4) is 0 Å². The largest absolute Gasteiger partial charge is 0.490 e. The minimum Gasteiger partial charge on any atom is -0.475 e. The van der Waals surface area contributed by atoms with Gasteiger partial charge in [-0.25, -0.2) is 19.2 Å². The van der Waals surface area contributed by atoms with Gasteiger partial charge in [0.2, 0.25) is 5.56 Å². The molecule has 1 aromatic carbocycles. The van der Waals surface area contributed by atoms with Crippen LogP contribution in [0.5, 0.6) is 0 Å². The third-order valence-corrected chi connectivity index (χ3v) is 5.43. The number of benzene rings is 1. The average molecular weight is 549 g/mol. The Bertz CT molecular complexity index is 1490. The van der Waals surface area contributed by atoms with Crippen LogP contribution in [-0.2, 0) is 23.2 Å². The molecule has 0 fully saturated rings. The number of hydrogen-bond acceptors (Lipinski definition) is 7. The first-order valence-corrected chi connectivity index (χ1v) is 11.3. The van der Waals surface area contributed by atoms with Crippen molar-refractivity contribution in [2.45, 2.75) is 39.1 Å². The summed E-state index contributed by atoms with van der Waals surface area (Å²) in [6.45, 7) is 3.62. The number of nitrogens with one attached hydrogen (secondary N) is 1. The Labute approximate surface area is 219 Å². The van der Waals surface area contributed by atoms with Gasteiger partial charge in [0.25, 0.3) is 5.91 Å². The van der Waals surface area contributed by atoms with Gasteiger partial charge in [-0.15, -0.1) is 0 Å². The lowest BCUT2D eigenvalue weighted by molar-refractivity contribution is -0.192. The van der Waals surface area contributed by atoms with E-state index in [9.17, 15) is 27.2 Å². The van der Waals surface area contributed by atoms with Crippen molar-refractivity contribution in [3.8, 4) is 0 Å². The number of carboxylic acid groups (broad SMARTS) is 1. The Hall–Kier alpha value is -4.62. The number of alkyl halides is 3. The van der Waals surface area contributed by atoms with Gasteiger partial charge < -0.3 is 19.8 Å². The fourth-order valence-electron chi connectivity index (χ4n) is 3.43. The number of carbonyl (C=O) groups excluding carboxylic acids is 1. The molecule has 0 saturated carbocycles. The molecule has 3 heterocycles. The van der Waals surface area contributed by atoms with Gasteiger partial charge in [-0.3, -0.25) is 9.59 Å². The SMILES string of the molecule is Cc1nc(C(=O)NCc2ccc(F)c(C)c2)cc(C2=NOC(c3ccc(=O)n(C)c3)C2)n1.O=C(O)C(F)(F)F. The Morgan fingerprint density at radius 3 is 2.46 bits per heavy atom. The van der Waals surface area contributed by atoms with Crippen LogP contribution in [0.4, 0.5) is 17.6 Å². The minimum atomic E-state index is -5.08. The topological polar surface area (TPSA) is 136 Å². The Balaban J connectivity index is 0.000000532. The third-order valence-electron chi connectivity index (χ3n) is 5.43. The Kier molecular flexibility index (Phi) is 8.78. The van der Waals surface area contributed by atoms with Gasteiger partial charge in [0.1, 0.15) is 23.0 Å². The van der Waals surface area contributed by atoms with Crippen molar-refractivity contribution in [1.29, 1.82) is 0 Å². The van der Waals surface area contributed by atoms with Gasteiger partial charge >= 0.3 is 12.1 Å². The van der Waals surface area contributed by atoms with Crippen molar-refractivity contribution in [1.82, 2.24) is 19.9 Å². The first-order chi connectivity index (χ1) is 18.2. The first kappa shape index (κ1) is 28.9. The number of aromatic nitrogens is 3. The number of halogens is 4. The molecule has 0 aliphatic carbocycles. The summed E-state index contributed by atoms with van der Waals surface area (Å²) in [5.74, 6) is -2.98. The number of carboxylic acids is 1. The van der Waals surface area contributed by atoms with E-state index in [1.54, 1.807) is 51.4 Å². The van der Waals surface area contributed by atoms with E-state index in [1.165, 1.54) is 16.7 Å². The summed E-state index contributed by atoms with van der Waals surface area (Å²) in [6, 6.07) is 9.47. The molecule has 1 aliphatic rings. The standard InChI is InChI=1S/C23H22FN5O3.C2HF3O2/c1-13-8-15(4-6-17(13)24)11-25-23(31)20-9-18(26-14(2)27-20)19-10-21(32-28-19)16-5-7-22(30)29(3)12-16;3-2(4,5)1(6)7/h4-9,12,21H,10-11H2,1-3H3,(H,25,31);(H,6,7). The molecule has 3 aromatic rings. The monoisotopic (exact) mass is 549 g/mol. The maximum atomic E-state index is 13.4. The highest BCUT2D eigenvalue weighted by atomic mass is 19.4. The van der Waals surface area contributed by atoms with Crippen molar-refractivity contribution >= 4 is 17.6 Å². The molecule has 39 heavy (non-hydrogen) atoms. The number of aliphatic carboxylic acids is 1. The van der Waals surface area contributed by atoms with Crippen LogP contribution < -0.4 is 10.9 Å². The second kappa shape index (κ2) is 11.8. The molecule has 1 amide bonds. The molecular weight excluding hydrogens is 526 g/mol. The highest BCUT2D eigenvalue weighted by Gasteiger charge is 2.38. The van der Waals surface area contributed by atoms with Crippen molar-refractivity contribution in [2.24, 2.45) is 12.2 Å². The normalized spacial score (nSPS) is 14.5. The van der Waals surface area contributed by atoms with E-state index in [-0.39, 0.29) is 35.6 Å². The van der Waals surface area contributed by atoms with Crippen molar-refractivity contribution < 1.29 is 37.1 Å². The smallest absolute Gasteiger partial charge is 0.475 e. The maximum absolute atomic E-state index is 13.4. The van der Waals surface area contributed by atoms with Crippen molar-refractivity contribution in [3.63, 3.8) is 0 Å². The van der Waals surface area contributed by atoms with E-state index in [0.29, 0.717) is 29.2 Å². The molecule has 206 valence electrons. The molecule has 10 nitrogen and oxygen atoms in total. The van der Waals surface area contributed by atoms with Gasteiger partial charge in [-0.1, -0.05) is 17.3 Å². The van der Waals surface area contributed by atoms with Crippen LogP contribution in [0.15, 0.2) is 52.5 Å².